The minimum absolute atomic E-state index is 0.0851. The Morgan fingerprint density at radius 2 is 1.93 bits per heavy atom. The molecule has 0 aromatic heterocycles. The van der Waals surface area contributed by atoms with Crippen molar-refractivity contribution in [3.05, 3.63) is 42.5 Å². The first-order valence-electron chi connectivity index (χ1n) is 8.69. The summed E-state index contributed by atoms with van der Waals surface area (Å²) in [5, 5.41) is 11.6. The van der Waals surface area contributed by atoms with Crippen LogP contribution in [0.4, 0.5) is 0 Å². The van der Waals surface area contributed by atoms with Crippen LogP contribution in [0.3, 0.4) is 0 Å². The van der Waals surface area contributed by atoms with Crippen LogP contribution in [-0.2, 0) is 19.6 Å². The standard InChI is InChI=1S/C18H24N2O6S/c1-2-12-26-13-15(18(22)23)19-17(21)14-8-4-5-9-16(14)27(24,25)20-10-6-3-7-11-20/h2,4-5,8-9,15H,1,3,6-7,10-13H2,(H,19,21)(H,22,23). The van der Waals surface area contributed by atoms with Crippen LogP contribution >= 0.6 is 0 Å². The summed E-state index contributed by atoms with van der Waals surface area (Å²) >= 11 is 0. The number of nitrogens with one attached hydrogen (secondary N) is 1. The van der Waals surface area contributed by atoms with Gasteiger partial charge in [-0.1, -0.05) is 24.6 Å². The number of carbonyl (C=O) groups excluding carboxylic acids is 1. The van der Waals surface area contributed by atoms with Gasteiger partial charge in [-0.25, -0.2) is 13.2 Å². The number of carboxylic acids is 1. The Bertz CT molecular complexity index is 787. The highest BCUT2D eigenvalue weighted by Gasteiger charge is 2.31. The van der Waals surface area contributed by atoms with Crippen molar-refractivity contribution in [2.24, 2.45) is 0 Å². The maximum atomic E-state index is 12.9. The zero-order valence-corrected chi connectivity index (χ0v) is 15.8. The third-order valence-corrected chi connectivity index (χ3v) is 6.14. The molecule has 1 unspecified atom stereocenters. The van der Waals surface area contributed by atoms with Crippen molar-refractivity contribution < 1.29 is 27.9 Å². The molecule has 1 aliphatic heterocycles. The second kappa shape index (κ2) is 9.63. The number of hydrogen-bond donors (Lipinski definition) is 2. The average Bonchev–Trinajstić information content (AvgIpc) is 2.67. The normalized spacial score (nSPS) is 16.4. The lowest BCUT2D eigenvalue weighted by atomic mass is 10.2. The van der Waals surface area contributed by atoms with Crippen LogP contribution in [0.1, 0.15) is 29.6 Å². The van der Waals surface area contributed by atoms with Crippen LogP contribution in [0.2, 0.25) is 0 Å². The fraction of sp³-hybridized carbons (Fsp3) is 0.444. The van der Waals surface area contributed by atoms with E-state index in [0.29, 0.717) is 13.1 Å². The first-order chi connectivity index (χ1) is 12.9. The Morgan fingerprint density at radius 1 is 1.26 bits per heavy atom. The molecule has 1 saturated heterocycles. The summed E-state index contributed by atoms with van der Waals surface area (Å²) in [5.74, 6) is -2.05. The highest BCUT2D eigenvalue weighted by atomic mass is 32.2. The summed E-state index contributed by atoms with van der Waals surface area (Å²) < 4.78 is 32.3. The number of nitrogens with zero attached hydrogens (tertiary/aromatic N) is 1. The monoisotopic (exact) mass is 396 g/mol. The third-order valence-electron chi connectivity index (χ3n) is 4.19. The van der Waals surface area contributed by atoms with Crippen molar-refractivity contribution in [2.75, 3.05) is 26.3 Å². The van der Waals surface area contributed by atoms with Crippen LogP contribution in [-0.4, -0.2) is 62.1 Å². The molecule has 0 radical (unpaired) electrons. The molecule has 0 aliphatic carbocycles. The zero-order chi connectivity index (χ0) is 19.9. The molecule has 1 aromatic carbocycles. The van der Waals surface area contributed by atoms with Gasteiger partial charge >= 0.3 is 5.97 Å². The quantitative estimate of drug-likeness (QED) is 0.480. The molecule has 1 atom stereocenters. The molecule has 27 heavy (non-hydrogen) atoms. The first-order valence-corrected chi connectivity index (χ1v) is 10.1. The van der Waals surface area contributed by atoms with Gasteiger partial charge in [-0.15, -0.1) is 6.58 Å². The van der Waals surface area contributed by atoms with Gasteiger partial charge in [0.15, 0.2) is 6.04 Å². The van der Waals surface area contributed by atoms with E-state index >= 15 is 0 Å². The van der Waals surface area contributed by atoms with Gasteiger partial charge in [0.2, 0.25) is 10.0 Å². The maximum Gasteiger partial charge on any atom is 0.328 e. The predicted molar refractivity (Wildman–Crippen MR) is 99.0 cm³/mol. The van der Waals surface area contributed by atoms with Gasteiger partial charge in [0.05, 0.1) is 23.7 Å². The van der Waals surface area contributed by atoms with Crippen molar-refractivity contribution in [1.29, 1.82) is 0 Å². The molecular weight excluding hydrogens is 372 g/mol. The molecule has 1 amide bonds. The number of ether oxygens (including phenoxy) is 1. The smallest absolute Gasteiger partial charge is 0.328 e. The molecule has 1 fully saturated rings. The molecule has 1 heterocycles. The van der Waals surface area contributed by atoms with E-state index < -0.39 is 27.9 Å². The Balaban J connectivity index is 2.24. The van der Waals surface area contributed by atoms with Crippen LogP contribution in [0.15, 0.2) is 41.8 Å². The Morgan fingerprint density at radius 3 is 2.56 bits per heavy atom. The molecule has 0 spiro atoms. The summed E-state index contributed by atoms with van der Waals surface area (Å²) in [7, 11) is -3.83. The number of rotatable bonds is 9. The lowest BCUT2D eigenvalue weighted by molar-refractivity contribution is -0.140. The van der Waals surface area contributed by atoms with Gasteiger partial charge in [-0.3, -0.25) is 4.79 Å². The second-order valence-corrected chi connectivity index (χ2v) is 8.06. The summed E-state index contributed by atoms with van der Waals surface area (Å²) in [5.41, 5.74) is -0.0851. The van der Waals surface area contributed by atoms with E-state index in [1.54, 1.807) is 0 Å². The number of hydrogen-bond acceptors (Lipinski definition) is 5. The van der Waals surface area contributed by atoms with Gasteiger partial charge in [-0.05, 0) is 25.0 Å². The molecular formula is C18H24N2O6S. The van der Waals surface area contributed by atoms with E-state index in [2.05, 4.69) is 11.9 Å². The topological polar surface area (TPSA) is 113 Å². The largest absolute Gasteiger partial charge is 0.480 e. The van der Waals surface area contributed by atoms with Crippen molar-refractivity contribution in [3.63, 3.8) is 0 Å². The van der Waals surface area contributed by atoms with Gasteiger partial charge in [0.25, 0.3) is 5.91 Å². The fourth-order valence-corrected chi connectivity index (χ4v) is 4.51. The number of carboxylic acid groups (broad SMARTS) is 1. The van der Waals surface area contributed by atoms with Crippen molar-refractivity contribution in [1.82, 2.24) is 9.62 Å². The highest BCUT2D eigenvalue weighted by molar-refractivity contribution is 7.89. The van der Waals surface area contributed by atoms with E-state index in [9.17, 15) is 23.1 Å². The number of carbonyl (C=O) groups is 2. The second-order valence-electron chi connectivity index (χ2n) is 6.15. The van der Waals surface area contributed by atoms with E-state index in [-0.39, 0.29) is 23.7 Å². The summed E-state index contributed by atoms with van der Waals surface area (Å²) in [6, 6.07) is 4.51. The van der Waals surface area contributed by atoms with Crippen LogP contribution < -0.4 is 5.32 Å². The fourth-order valence-electron chi connectivity index (χ4n) is 2.80. The molecule has 1 aromatic rings. The maximum absolute atomic E-state index is 12.9. The van der Waals surface area contributed by atoms with Crippen LogP contribution in [0.5, 0.6) is 0 Å². The zero-order valence-electron chi connectivity index (χ0n) is 15.0. The SMILES string of the molecule is C=CCOCC(NC(=O)c1ccccc1S(=O)(=O)N1CCCCC1)C(=O)O. The predicted octanol–water partition coefficient (Wildman–Crippen LogP) is 1.25. The lowest BCUT2D eigenvalue weighted by Crippen LogP contribution is -2.44. The molecule has 1 aliphatic rings. The molecule has 148 valence electrons. The summed E-state index contributed by atoms with van der Waals surface area (Å²) in [6.45, 7) is 4.16. The first kappa shape index (κ1) is 21.1. The number of amides is 1. The van der Waals surface area contributed by atoms with Gasteiger partial charge in [0.1, 0.15) is 0 Å². The number of sulfonamides is 1. The molecule has 2 rings (SSSR count). The number of benzene rings is 1. The number of piperidine rings is 1. The van der Waals surface area contributed by atoms with Crippen molar-refractivity contribution in [3.8, 4) is 0 Å². The Kier molecular flexibility index (Phi) is 7.52. The van der Waals surface area contributed by atoms with E-state index in [4.69, 9.17) is 4.74 Å². The van der Waals surface area contributed by atoms with Gasteiger partial charge in [-0.2, -0.15) is 4.31 Å². The van der Waals surface area contributed by atoms with Gasteiger partial charge < -0.3 is 15.2 Å². The molecule has 8 nitrogen and oxygen atoms in total. The minimum Gasteiger partial charge on any atom is -0.480 e. The van der Waals surface area contributed by atoms with Crippen molar-refractivity contribution in [2.45, 2.75) is 30.2 Å². The highest BCUT2D eigenvalue weighted by Crippen LogP contribution is 2.23. The molecule has 0 bridgehead atoms. The summed E-state index contributed by atoms with van der Waals surface area (Å²) in [4.78, 5) is 23.8. The van der Waals surface area contributed by atoms with Crippen molar-refractivity contribution >= 4 is 21.9 Å². The Hall–Kier alpha value is -2.23. The lowest BCUT2D eigenvalue weighted by Gasteiger charge is -2.26. The minimum atomic E-state index is -3.83. The number of aliphatic carboxylic acids is 1. The third kappa shape index (κ3) is 5.38. The molecule has 0 saturated carbocycles. The average molecular weight is 396 g/mol. The molecule has 9 heteroatoms. The van der Waals surface area contributed by atoms with Crippen LogP contribution in [0.25, 0.3) is 0 Å². The van der Waals surface area contributed by atoms with E-state index in [0.717, 1.165) is 19.3 Å². The molecule has 2 N–H and O–H groups in total. The van der Waals surface area contributed by atoms with Crippen LogP contribution in [0, 0.1) is 0 Å². The van der Waals surface area contributed by atoms with E-state index in [1.165, 1.54) is 34.6 Å². The van der Waals surface area contributed by atoms with E-state index in [1.807, 2.05) is 0 Å². The van der Waals surface area contributed by atoms with Gasteiger partial charge in [0, 0.05) is 13.1 Å². The summed E-state index contributed by atoms with van der Waals surface area (Å²) in [6.07, 6.45) is 3.98. The Labute approximate surface area is 158 Å².